The number of aromatic nitrogens is 1. The summed E-state index contributed by atoms with van der Waals surface area (Å²) in [6.45, 7) is 4.10. The van der Waals surface area contributed by atoms with E-state index in [9.17, 15) is 23.4 Å². The van der Waals surface area contributed by atoms with Gasteiger partial charge in [0.05, 0.1) is 11.7 Å². The minimum Gasteiger partial charge on any atom is -0.388 e. The maximum Gasteiger partial charge on any atom is 0.416 e. The van der Waals surface area contributed by atoms with E-state index < -0.39 is 23.9 Å². The zero-order valence-corrected chi connectivity index (χ0v) is 20.0. The van der Waals surface area contributed by atoms with Crippen molar-refractivity contribution in [2.24, 2.45) is 5.41 Å². The van der Waals surface area contributed by atoms with E-state index in [1.807, 2.05) is 0 Å². The molecule has 0 aliphatic heterocycles. The first-order chi connectivity index (χ1) is 16.1. The largest absolute Gasteiger partial charge is 0.416 e. The fourth-order valence-electron chi connectivity index (χ4n) is 6.61. The van der Waals surface area contributed by atoms with E-state index in [1.54, 1.807) is 0 Å². The van der Waals surface area contributed by atoms with Crippen molar-refractivity contribution in [3.8, 4) is 0 Å². The maximum atomic E-state index is 13.1. The third-order valence-electron chi connectivity index (χ3n) is 8.48. The van der Waals surface area contributed by atoms with E-state index in [0.29, 0.717) is 11.1 Å². The Balaban J connectivity index is 1.67. The molecule has 0 amide bonds. The first-order valence-electron chi connectivity index (χ1n) is 12.7. The Morgan fingerprint density at radius 3 is 2.18 bits per heavy atom. The molecule has 1 heterocycles. The number of aliphatic hydroxyl groups is 2. The second-order valence-corrected chi connectivity index (χ2v) is 11.1. The van der Waals surface area contributed by atoms with Crippen LogP contribution in [0, 0.1) is 5.41 Å². The average Bonchev–Trinajstić information content (AvgIpc) is 3.30. The molecule has 2 atom stereocenters. The summed E-state index contributed by atoms with van der Waals surface area (Å²) < 4.78 is 39.3. The SMILES string of the molecule is CC(C)c1nc2c(c(C3CCCC3)c1[C@H](O)c1ccc(C(F)(F)F)cc1)[C@@H](O)CC1(CCC1)C2. The maximum absolute atomic E-state index is 13.1. The van der Waals surface area contributed by atoms with Crippen molar-refractivity contribution in [1.82, 2.24) is 4.98 Å². The van der Waals surface area contributed by atoms with Crippen LogP contribution in [0.4, 0.5) is 13.2 Å². The molecule has 3 nitrogen and oxygen atoms in total. The van der Waals surface area contributed by atoms with Crippen LogP contribution in [0.15, 0.2) is 24.3 Å². The summed E-state index contributed by atoms with van der Waals surface area (Å²) in [6, 6.07) is 4.80. The highest BCUT2D eigenvalue weighted by Gasteiger charge is 2.46. The number of rotatable bonds is 4. The van der Waals surface area contributed by atoms with Crippen molar-refractivity contribution in [3.05, 3.63) is 63.5 Å². The Hall–Kier alpha value is -1.92. The molecule has 1 aromatic carbocycles. The predicted molar refractivity (Wildman–Crippen MR) is 125 cm³/mol. The van der Waals surface area contributed by atoms with E-state index in [0.717, 1.165) is 86.0 Å². The molecule has 1 aromatic heterocycles. The van der Waals surface area contributed by atoms with Crippen molar-refractivity contribution < 1.29 is 23.4 Å². The average molecular weight is 474 g/mol. The van der Waals surface area contributed by atoms with Gasteiger partial charge in [0.1, 0.15) is 6.10 Å². The second-order valence-electron chi connectivity index (χ2n) is 11.1. The summed E-state index contributed by atoms with van der Waals surface area (Å²) >= 11 is 0. The fraction of sp³-hybridized carbons (Fsp3) is 0.607. The van der Waals surface area contributed by atoms with Gasteiger partial charge in [-0.15, -0.1) is 0 Å². The summed E-state index contributed by atoms with van der Waals surface area (Å²) in [6.07, 6.45) is 3.14. The second kappa shape index (κ2) is 8.63. The topological polar surface area (TPSA) is 53.4 Å². The molecule has 1 spiro atoms. The van der Waals surface area contributed by atoms with Crippen molar-refractivity contribution in [3.63, 3.8) is 0 Å². The van der Waals surface area contributed by atoms with Crippen LogP contribution in [0.3, 0.4) is 0 Å². The Kier molecular flexibility index (Phi) is 6.04. The van der Waals surface area contributed by atoms with E-state index >= 15 is 0 Å². The third kappa shape index (κ3) is 4.07. The number of hydrogen-bond acceptors (Lipinski definition) is 3. The molecule has 3 aliphatic carbocycles. The van der Waals surface area contributed by atoms with Gasteiger partial charge in [0, 0.05) is 22.5 Å². The highest BCUT2D eigenvalue weighted by molar-refractivity contribution is 5.51. The van der Waals surface area contributed by atoms with Crippen molar-refractivity contribution in [2.45, 2.75) is 102 Å². The minimum atomic E-state index is -4.42. The Bertz CT molecular complexity index is 1050. The van der Waals surface area contributed by atoms with Gasteiger partial charge in [-0.2, -0.15) is 13.2 Å². The molecular weight excluding hydrogens is 439 g/mol. The van der Waals surface area contributed by atoms with Crippen molar-refractivity contribution in [2.75, 3.05) is 0 Å². The molecule has 0 unspecified atom stereocenters. The van der Waals surface area contributed by atoms with Gasteiger partial charge in [0.15, 0.2) is 0 Å². The van der Waals surface area contributed by atoms with E-state index in [-0.39, 0.29) is 17.3 Å². The van der Waals surface area contributed by atoms with Gasteiger partial charge in [-0.25, -0.2) is 0 Å². The highest BCUT2D eigenvalue weighted by Crippen LogP contribution is 2.56. The zero-order valence-electron chi connectivity index (χ0n) is 20.0. The van der Waals surface area contributed by atoms with E-state index in [2.05, 4.69) is 13.8 Å². The molecule has 2 N–H and O–H groups in total. The van der Waals surface area contributed by atoms with Gasteiger partial charge in [-0.1, -0.05) is 45.2 Å². The van der Waals surface area contributed by atoms with E-state index in [1.165, 1.54) is 18.6 Å². The summed E-state index contributed by atoms with van der Waals surface area (Å²) in [5.41, 5.74) is 4.28. The summed E-state index contributed by atoms with van der Waals surface area (Å²) in [7, 11) is 0. The van der Waals surface area contributed by atoms with Gasteiger partial charge >= 0.3 is 6.18 Å². The van der Waals surface area contributed by atoms with Crippen LogP contribution in [0.5, 0.6) is 0 Å². The number of halogens is 3. The standard InChI is InChI=1S/C28H34F3NO2/c1-16(2)25-24(26(34)18-8-10-19(11-9-18)28(29,30)31)22(17-6-3-4-7-17)23-20(32-25)14-27(12-5-13-27)15-21(23)33/h8-11,16-17,21,26,33-34H,3-7,12-15H2,1-2H3/t21-,26+/m0/s1. The van der Waals surface area contributed by atoms with Crippen LogP contribution >= 0.6 is 0 Å². The lowest BCUT2D eigenvalue weighted by molar-refractivity contribution is -0.137. The van der Waals surface area contributed by atoms with Gasteiger partial charge in [0.2, 0.25) is 0 Å². The van der Waals surface area contributed by atoms with Gasteiger partial charge in [-0.05, 0) is 79.0 Å². The molecule has 184 valence electrons. The summed E-state index contributed by atoms with van der Waals surface area (Å²) in [5.74, 6) is 0.277. The predicted octanol–water partition coefficient (Wildman–Crippen LogP) is 7.11. The number of fused-ring (bicyclic) bond motifs is 1. The number of alkyl halides is 3. The number of hydrogen-bond donors (Lipinski definition) is 2. The Morgan fingerprint density at radius 2 is 1.65 bits per heavy atom. The number of aliphatic hydroxyl groups excluding tert-OH is 2. The monoisotopic (exact) mass is 473 g/mol. The van der Waals surface area contributed by atoms with Crippen LogP contribution in [0.1, 0.15) is 128 Å². The van der Waals surface area contributed by atoms with Crippen LogP contribution in [-0.2, 0) is 12.6 Å². The van der Waals surface area contributed by atoms with Crippen LogP contribution in [0.25, 0.3) is 0 Å². The zero-order chi connectivity index (χ0) is 24.3. The molecular formula is C28H34F3NO2. The van der Waals surface area contributed by atoms with Crippen molar-refractivity contribution >= 4 is 0 Å². The Morgan fingerprint density at radius 1 is 1.00 bits per heavy atom. The Labute approximate surface area is 199 Å². The molecule has 34 heavy (non-hydrogen) atoms. The molecule has 5 rings (SSSR count). The molecule has 0 saturated heterocycles. The molecule has 3 aliphatic rings. The van der Waals surface area contributed by atoms with Gasteiger partial charge < -0.3 is 10.2 Å². The lowest BCUT2D eigenvalue weighted by Gasteiger charge is -2.48. The van der Waals surface area contributed by atoms with Crippen LogP contribution in [0.2, 0.25) is 0 Å². The molecule has 0 bridgehead atoms. The van der Waals surface area contributed by atoms with Crippen LogP contribution < -0.4 is 0 Å². The first kappa shape index (κ1) is 23.8. The molecule has 2 fully saturated rings. The molecule has 2 aromatic rings. The number of benzene rings is 1. The molecule has 6 heteroatoms. The smallest absolute Gasteiger partial charge is 0.388 e. The van der Waals surface area contributed by atoms with Gasteiger partial charge in [-0.3, -0.25) is 4.98 Å². The normalized spacial score (nSPS) is 23.2. The molecule has 0 radical (unpaired) electrons. The quantitative estimate of drug-likeness (QED) is 0.497. The third-order valence-corrected chi connectivity index (χ3v) is 8.48. The first-order valence-corrected chi connectivity index (χ1v) is 12.7. The number of nitrogens with zero attached hydrogens (tertiary/aromatic N) is 1. The van der Waals surface area contributed by atoms with E-state index in [4.69, 9.17) is 4.98 Å². The summed E-state index contributed by atoms with van der Waals surface area (Å²) in [4.78, 5) is 5.08. The highest BCUT2D eigenvalue weighted by atomic mass is 19.4. The minimum absolute atomic E-state index is 0.0426. The fourth-order valence-corrected chi connectivity index (χ4v) is 6.61. The van der Waals surface area contributed by atoms with Crippen LogP contribution in [-0.4, -0.2) is 15.2 Å². The van der Waals surface area contributed by atoms with Gasteiger partial charge in [0.25, 0.3) is 0 Å². The lowest BCUT2D eigenvalue weighted by Crippen LogP contribution is -2.39. The van der Waals surface area contributed by atoms with Crippen molar-refractivity contribution in [1.29, 1.82) is 0 Å². The lowest BCUT2D eigenvalue weighted by atomic mass is 9.59. The summed E-state index contributed by atoms with van der Waals surface area (Å²) in [5, 5.41) is 23.0. The number of pyridine rings is 1. The molecule has 2 saturated carbocycles.